The molecule has 7 nitrogen and oxygen atoms in total. The molecule has 4 heterocycles. The summed E-state index contributed by atoms with van der Waals surface area (Å²) in [4.78, 5) is 27.0. The molecule has 3 aliphatic heterocycles. The van der Waals surface area contributed by atoms with Crippen LogP contribution in [0, 0.1) is 6.92 Å². The molecule has 0 saturated carbocycles. The quantitative estimate of drug-likeness (QED) is 0.510. The van der Waals surface area contributed by atoms with E-state index in [1.807, 2.05) is 0 Å². The first kappa shape index (κ1) is 26.1. The van der Waals surface area contributed by atoms with Crippen LogP contribution in [-0.4, -0.2) is 45.0 Å². The Balaban J connectivity index is 1.60. The number of H-pyrrole nitrogens is 1. The molecule has 3 aliphatic rings. The average Bonchev–Trinajstić information content (AvgIpc) is 3.50. The van der Waals surface area contributed by atoms with Crippen LogP contribution in [0.2, 0.25) is 34.8 Å². The molecule has 0 amide bonds. The van der Waals surface area contributed by atoms with Crippen molar-refractivity contribution in [2.75, 3.05) is 6.61 Å². The maximum Gasteiger partial charge on any atom is 0.330 e. The third-order valence-corrected chi connectivity index (χ3v) is 19.9. The van der Waals surface area contributed by atoms with E-state index in [0.29, 0.717) is 24.1 Å². The minimum Gasteiger partial charge on any atom is -0.414 e. The molecule has 3 saturated heterocycles. The van der Waals surface area contributed by atoms with Gasteiger partial charge in [0.2, 0.25) is 0 Å². The second-order valence-corrected chi connectivity index (χ2v) is 21.5. The van der Waals surface area contributed by atoms with Crippen LogP contribution >= 0.6 is 0 Å². The molecular formula is C25H44N2O5Si2. The van der Waals surface area contributed by atoms with Gasteiger partial charge in [0.1, 0.15) is 12.3 Å². The highest BCUT2D eigenvalue weighted by Crippen LogP contribution is 2.50. The Morgan fingerprint density at radius 3 is 2.32 bits per heavy atom. The van der Waals surface area contributed by atoms with E-state index in [-0.39, 0.29) is 22.8 Å². The predicted octanol–water partition coefficient (Wildman–Crippen LogP) is 5.22. The molecule has 1 N–H and O–H groups in total. The van der Waals surface area contributed by atoms with Crippen molar-refractivity contribution < 1.29 is 13.6 Å². The van der Waals surface area contributed by atoms with E-state index >= 15 is 0 Å². The smallest absolute Gasteiger partial charge is 0.330 e. The lowest BCUT2D eigenvalue weighted by Crippen LogP contribution is -2.50. The molecule has 192 valence electrons. The van der Waals surface area contributed by atoms with Crippen LogP contribution < -0.4 is 11.2 Å². The first-order valence-corrected chi connectivity index (χ1v) is 18.0. The van der Waals surface area contributed by atoms with Gasteiger partial charge in [-0.1, -0.05) is 60.3 Å². The first-order chi connectivity index (χ1) is 16.0. The first-order valence-electron chi connectivity index (χ1n) is 13.3. The van der Waals surface area contributed by atoms with E-state index in [2.05, 4.69) is 39.6 Å². The van der Waals surface area contributed by atoms with Crippen molar-refractivity contribution in [1.82, 2.24) is 9.55 Å². The molecule has 34 heavy (non-hydrogen) atoms. The lowest BCUT2D eigenvalue weighted by atomic mass is 10.2. The topological polar surface area (TPSA) is 82.6 Å². The lowest BCUT2D eigenvalue weighted by molar-refractivity contribution is -0.0413. The fraction of sp³-hybridized carbons (Fsp3) is 0.840. The van der Waals surface area contributed by atoms with E-state index in [1.165, 1.54) is 54.4 Å². The van der Waals surface area contributed by atoms with E-state index in [0.717, 1.165) is 0 Å². The molecule has 1 unspecified atom stereocenters. The highest BCUT2D eigenvalue weighted by Gasteiger charge is 2.53. The van der Waals surface area contributed by atoms with Crippen LogP contribution in [0.3, 0.4) is 0 Å². The Labute approximate surface area is 205 Å². The Morgan fingerprint density at radius 2 is 1.74 bits per heavy atom. The maximum atomic E-state index is 12.6. The van der Waals surface area contributed by atoms with E-state index in [1.54, 1.807) is 13.1 Å². The van der Waals surface area contributed by atoms with Gasteiger partial charge in [-0.3, -0.25) is 14.3 Å². The van der Waals surface area contributed by atoms with Crippen molar-refractivity contribution in [2.24, 2.45) is 0 Å². The van der Waals surface area contributed by atoms with Gasteiger partial charge < -0.3 is 13.6 Å². The van der Waals surface area contributed by atoms with Crippen LogP contribution in [0.4, 0.5) is 0 Å². The van der Waals surface area contributed by atoms with Crippen molar-refractivity contribution in [2.45, 2.75) is 127 Å². The number of aromatic nitrogens is 2. The molecule has 4 rings (SSSR count). The summed E-state index contributed by atoms with van der Waals surface area (Å²) >= 11 is 0. The Bertz CT molecular complexity index is 971. The second kappa shape index (κ2) is 9.80. The number of aromatic amines is 1. The molecule has 3 fully saturated rings. The van der Waals surface area contributed by atoms with Crippen molar-refractivity contribution >= 4 is 16.6 Å². The summed E-state index contributed by atoms with van der Waals surface area (Å²) < 4.78 is 22.0. The fourth-order valence-corrected chi connectivity index (χ4v) is 15.4. The van der Waals surface area contributed by atoms with Gasteiger partial charge in [-0.05, 0) is 41.7 Å². The zero-order valence-corrected chi connectivity index (χ0v) is 23.9. The molecule has 1 aromatic rings. The van der Waals surface area contributed by atoms with E-state index in [9.17, 15) is 9.59 Å². The molecule has 1 aromatic heterocycles. The van der Waals surface area contributed by atoms with Crippen LogP contribution in [0.1, 0.15) is 78.5 Å². The normalized spacial score (nSPS) is 28.7. The Morgan fingerprint density at radius 1 is 1.12 bits per heavy atom. The standard InChI is InChI=1S/C25H44N2O5Si2/c1-18(2)33(11-7-8-12-33)30-17-21-20(32-34(25(4,5)6)13-9-10-14-34)15-22(31-21)27-16-19(3)23(28)26-24(27)29/h16,18,20-22H,7-15,17H2,1-6H3,(H,26,28,29)/t20?,21-,22-/m0/s1. The predicted molar refractivity (Wildman–Crippen MR) is 139 cm³/mol. The highest BCUT2D eigenvalue weighted by molar-refractivity contribution is 6.77. The van der Waals surface area contributed by atoms with Crippen molar-refractivity contribution in [3.8, 4) is 0 Å². The van der Waals surface area contributed by atoms with Crippen molar-refractivity contribution in [3.63, 3.8) is 0 Å². The fourth-order valence-electron chi connectivity index (χ4n) is 6.34. The van der Waals surface area contributed by atoms with Gasteiger partial charge in [0, 0.05) is 18.2 Å². The third kappa shape index (κ3) is 4.96. The van der Waals surface area contributed by atoms with Gasteiger partial charge in [0.25, 0.3) is 5.56 Å². The second-order valence-electron chi connectivity index (χ2n) is 12.2. The number of nitrogens with zero attached hydrogens (tertiary/aromatic N) is 1. The summed E-state index contributed by atoms with van der Waals surface area (Å²) in [5, 5.41) is 0.151. The van der Waals surface area contributed by atoms with Gasteiger partial charge in [-0.25, -0.2) is 4.79 Å². The molecule has 0 spiro atoms. The van der Waals surface area contributed by atoms with E-state index < -0.39 is 28.6 Å². The summed E-state index contributed by atoms with van der Waals surface area (Å²) in [6.45, 7) is 13.9. The summed E-state index contributed by atoms with van der Waals surface area (Å²) in [5.41, 5.74) is 0.325. The van der Waals surface area contributed by atoms with Crippen LogP contribution in [0.15, 0.2) is 15.8 Å². The number of ether oxygens (including phenoxy) is 1. The highest BCUT2D eigenvalue weighted by atomic mass is 28.4. The van der Waals surface area contributed by atoms with Crippen LogP contribution in [0.25, 0.3) is 0 Å². The van der Waals surface area contributed by atoms with Crippen molar-refractivity contribution in [3.05, 3.63) is 32.6 Å². The number of hydrogen-bond acceptors (Lipinski definition) is 5. The molecular weight excluding hydrogens is 464 g/mol. The third-order valence-electron chi connectivity index (χ3n) is 8.83. The SMILES string of the molecule is Cc1cn([C@@H]2CC(O[Si]3(C(C)(C)C)CCCC3)[C@H](CO[Si]3(C(C)C)CCCC3)O2)c(=O)[nH]c1=O. The molecule has 0 radical (unpaired) electrons. The molecule has 0 bridgehead atoms. The minimum atomic E-state index is -1.98. The Hall–Kier alpha value is -1.01. The van der Waals surface area contributed by atoms with Gasteiger partial charge in [0.05, 0.1) is 12.7 Å². The largest absolute Gasteiger partial charge is 0.414 e. The van der Waals surface area contributed by atoms with Gasteiger partial charge >= 0.3 is 5.69 Å². The molecule has 9 heteroatoms. The number of rotatable bonds is 7. The average molecular weight is 509 g/mol. The summed E-state index contributed by atoms with van der Waals surface area (Å²) in [6, 6.07) is 4.83. The molecule has 0 aliphatic carbocycles. The lowest BCUT2D eigenvalue weighted by Gasteiger charge is -2.42. The zero-order valence-electron chi connectivity index (χ0n) is 21.9. The van der Waals surface area contributed by atoms with Gasteiger partial charge in [-0.2, -0.15) is 0 Å². The van der Waals surface area contributed by atoms with Crippen LogP contribution in [0.5, 0.6) is 0 Å². The van der Waals surface area contributed by atoms with Crippen molar-refractivity contribution in [1.29, 1.82) is 0 Å². The van der Waals surface area contributed by atoms with Crippen LogP contribution in [-0.2, 0) is 13.6 Å². The zero-order chi connectivity index (χ0) is 24.7. The van der Waals surface area contributed by atoms with Gasteiger partial charge in [0.15, 0.2) is 16.6 Å². The Kier molecular flexibility index (Phi) is 7.52. The number of aryl methyl sites for hydroxylation is 1. The van der Waals surface area contributed by atoms with E-state index in [4.69, 9.17) is 13.6 Å². The summed E-state index contributed by atoms with van der Waals surface area (Å²) in [7, 11) is -3.75. The number of hydrogen-bond donors (Lipinski definition) is 1. The van der Waals surface area contributed by atoms with Gasteiger partial charge in [-0.15, -0.1) is 0 Å². The number of nitrogens with one attached hydrogen (secondary N) is 1. The maximum absolute atomic E-state index is 12.6. The monoisotopic (exact) mass is 508 g/mol. The summed E-state index contributed by atoms with van der Waals surface area (Å²) in [6.07, 6.45) is 6.52. The minimum absolute atomic E-state index is 0.0901. The summed E-state index contributed by atoms with van der Waals surface area (Å²) in [5.74, 6) is 0. The molecule has 3 atom stereocenters. The molecule has 0 aromatic carbocycles.